The largest absolute Gasteiger partial charge is 0.760 e. The monoisotopic (exact) mass is 157 g/mol. The van der Waals surface area contributed by atoms with Gasteiger partial charge in [-0.2, -0.15) is 5.48 Å². The highest BCUT2D eigenvalue weighted by molar-refractivity contribution is 4.89. The number of rotatable bonds is 0. The minimum absolute atomic E-state index is 0.0613. The molecule has 0 bridgehead atoms. The van der Waals surface area contributed by atoms with Crippen molar-refractivity contribution >= 4 is 0 Å². The predicted octanol–water partition coefficient (Wildman–Crippen LogP) is 0.793. The van der Waals surface area contributed by atoms with Gasteiger partial charge in [-0.15, -0.1) is 0 Å². The first kappa shape index (κ1) is 7.49. The highest BCUT2D eigenvalue weighted by atomic mass is 17.0. The van der Waals surface area contributed by atoms with Crippen LogP contribution < -0.4 is 5.48 Å². The average Bonchev–Trinajstić information content (AvgIpc) is 2.32. The minimum atomic E-state index is 0.0613. The Bertz CT molecular complexity index is 153. The van der Waals surface area contributed by atoms with Crippen molar-refractivity contribution in [3.63, 3.8) is 0 Å². The first-order valence-electron chi connectivity index (χ1n) is 4.16. The molecule has 1 saturated heterocycles. The van der Waals surface area contributed by atoms with E-state index in [4.69, 9.17) is 0 Å². The molecular formula is C7H13N2O2-. The van der Waals surface area contributed by atoms with Crippen LogP contribution in [0.1, 0.15) is 26.2 Å². The summed E-state index contributed by atoms with van der Waals surface area (Å²) in [5.41, 5.74) is 2.75. The summed E-state index contributed by atoms with van der Waals surface area (Å²) in [7, 11) is 0. The van der Waals surface area contributed by atoms with Gasteiger partial charge in [0, 0.05) is 6.04 Å². The Morgan fingerprint density at radius 3 is 3.18 bits per heavy atom. The molecule has 64 valence electrons. The standard InChI is InChI=1S/C7H13N2O2/c1-5-2-3-7-6(4-5)8-11-9(7)10/h5-8H,2-4H2,1H3/q-1. The lowest BCUT2D eigenvalue weighted by atomic mass is 9.84. The molecular weight excluding hydrogens is 144 g/mol. The van der Waals surface area contributed by atoms with Crippen molar-refractivity contribution in [2.45, 2.75) is 38.3 Å². The fourth-order valence-electron chi connectivity index (χ4n) is 1.93. The highest BCUT2D eigenvalue weighted by Crippen LogP contribution is 2.30. The van der Waals surface area contributed by atoms with Crippen LogP contribution >= 0.6 is 0 Å². The van der Waals surface area contributed by atoms with E-state index in [1.807, 2.05) is 0 Å². The molecule has 1 N–H and O–H groups in total. The highest BCUT2D eigenvalue weighted by Gasteiger charge is 2.34. The van der Waals surface area contributed by atoms with Gasteiger partial charge in [0.15, 0.2) is 0 Å². The van der Waals surface area contributed by atoms with Crippen LogP contribution in [0.25, 0.3) is 0 Å². The molecule has 0 radical (unpaired) electrons. The van der Waals surface area contributed by atoms with Gasteiger partial charge in [0.1, 0.15) is 0 Å². The molecule has 1 aliphatic heterocycles. The Balaban J connectivity index is 2.00. The molecule has 2 fully saturated rings. The Morgan fingerprint density at radius 1 is 1.55 bits per heavy atom. The molecule has 3 atom stereocenters. The van der Waals surface area contributed by atoms with Crippen molar-refractivity contribution < 1.29 is 4.94 Å². The third-order valence-corrected chi connectivity index (χ3v) is 2.64. The van der Waals surface area contributed by atoms with Gasteiger partial charge in [0.25, 0.3) is 0 Å². The number of hydrogen-bond donors (Lipinski definition) is 1. The van der Waals surface area contributed by atoms with Crippen LogP contribution in [0.5, 0.6) is 0 Å². The van der Waals surface area contributed by atoms with E-state index in [1.54, 1.807) is 0 Å². The van der Waals surface area contributed by atoms with Crippen LogP contribution in [-0.2, 0) is 4.94 Å². The zero-order valence-electron chi connectivity index (χ0n) is 6.62. The molecule has 0 amide bonds. The number of nitrogens with one attached hydrogen (secondary N) is 1. The normalized spacial score (nSPS) is 45.8. The van der Waals surface area contributed by atoms with Crippen molar-refractivity contribution in [2.24, 2.45) is 5.92 Å². The van der Waals surface area contributed by atoms with Crippen molar-refractivity contribution in [2.75, 3.05) is 0 Å². The van der Waals surface area contributed by atoms with E-state index >= 15 is 0 Å². The Morgan fingerprint density at radius 2 is 2.36 bits per heavy atom. The summed E-state index contributed by atoms with van der Waals surface area (Å²) in [4.78, 5) is 4.68. The summed E-state index contributed by atoms with van der Waals surface area (Å²) in [6.45, 7) is 2.21. The van der Waals surface area contributed by atoms with Gasteiger partial charge in [-0.05, 0) is 25.2 Å². The fourth-order valence-corrected chi connectivity index (χ4v) is 1.93. The zero-order valence-corrected chi connectivity index (χ0v) is 6.62. The van der Waals surface area contributed by atoms with Crippen molar-refractivity contribution in [1.82, 2.24) is 10.7 Å². The maximum atomic E-state index is 10.9. The van der Waals surface area contributed by atoms with Gasteiger partial charge in [-0.1, -0.05) is 6.92 Å². The molecule has 3 unspecified atom stereocenters. The molecule has 1 heterocycles. The summed E-state index contributed by atoms with van der Waals surface area (Å²) in [6, 6.07) is 0.322. The lowest BCUT2D eigenvalue weighted by molar-refractivity contribution is -0.137. The molecule has 2 aliphatic rings. The summed E-state index contributed by atoms with van der Waals surface area (Å²) in [6.07, 6.45) is 3.16. The molecule has 0 spiro atoms. The number of hydrogen-bond acceptors (Lipinski definition) is 4. The Kier molecular flexibility index (Phi) is 1.85. The fraction of sp³-hybridized carbons (Fsp3) is 1.00. The molecule has 0 aromatic heterocycles. The van der Waals surface area contributed by atoms with Crippen LogP contribution in [0.2, 0.25) is 0 Å². The lowest BCUT2D eigenvalue weighted by Crippen LogP contribution is -2.39. The second-order valence-electron chi connectivity index (χ2n) is 3.59. The topological polar surface area (TPSA) is 47.6 Å². The quantitative estimate of drug-likeness (QED) is 0.564. The Labute approximate surface area is 66.0 Å². The molecule has 4 nitrogen and oxygen atoms in total. The van der Waals surface area contributed by atoms with Crippen LogP contribution in [-0.4, -0.2) is 17.3 Å². The van der Waals surface area contributed by atoms with Gasteiger partial charge in [-0.3, -0.25) is 0 Å². The summed E-state index contributed by atoms with van der Waals surface area (Å²) in [5.74, 6) is 0.721. The van der Waals surface area contributed by atoms with Crippen molar-refractivity contribution in [1.29, 1.82) is 0 Å². The third kappa shape index (κ3) is 1.27. The van der Waals surface area contributed by atoms with Crippen LogP contribution in [0.15, 0.2) is 0 Å². The summed E-state index contributed by atoms with van der Waals surface area (Å²) >= 11 is 0. The van der Waals surface area contributed by atoms with E-state index in [9.17, 15) is 5.21 Å². The Hall–Kier alpha value is -0.160. The second kappa shape index (κ2) is 2.71. The van der Waals surface area contributed by atoms with Crippen LogP contribution in [0, 0.1) is 11.1 Å². The maximum absolute atomic E-state index is 10.9. The molecule has 11 heavy (non-hydrogen) atoms. The van der Waals surface area contributed by atoms with E-state index in [2.05, 4.69) is 17.3 Å². The third-order valence-electron chi connectivity index (χ3n) is 2.64. The second-order valence-corrected chi connectivity index (χ2v) is 3.59. The van der Waals surface area contributed by atoms with Crippen LogP contribution in [0.3, 0.4) is 0 Å². The smallest absolute Gasteiger partial charge is 0.0512 e. The first-order chi connectivity index (χ1) is 5.27. The van der Waals surface area contributed by atoms with E-state index in [-0.39, 0.29) is 12.1 Å². The van der Waals surface area contributed by atoms with E-state index in [0.29, 0.717) is 5.23 Å². The molecule has 4 heteroatoms. The van der Waals surface area contributed by atoms with Gasteiger partial charge < -0.3 is 5.21 Å². The molecule has 1 saturated carbocycles. The lowest BCUT2D eigenvalue weighted by Gasteiger charge is -2.33. The van der Waals surface area contributed by atoms with Crippen molar-refractivity contribution in [3.8, 4) is 0 Å². The van der Waals surface area contributed by atoms with Crippen molar-refractivity contribution in [3.05, 3.63) is 5.21 Å². The molecule has 1 aliphatic carbocycles. The predicted molar refractivity (Wildman–Crippen MR) is 40.0 cm³/mol. The van der Waals surface area contributed by atoms with Gasteiger partial charge in [0.05, 0.1) is 6.04 Å². The summed E-state index contributed by atoms with van der Waals surface area (Å²) in [5, 5.41) is 11.7. The SMILES string of the molecule is CC1CCC2C(C1)NON2[O-]. The van der Waals surface area contributed by atoms with Gasteiger partial charge in [-0.25, -0.2) is 10.2 Å². The zero-order chi connectivity index (χ0) is 7.84. The van der Waals surface area contributed by atoms with Crippen LogP contribution in [0.4, 0.5) is 0 Å². The number of nitrogens with zero attached hydrogens (tertiary/aromatic N) is 1. The molecule has 0 aromatic rings. The number of fused-ring (bicyclic) bond motifs is 1. The van der Waals surface area contributed by atoms with E-state index < -0.39 is 0 Å². The molecule has 2 rings (SSSR count). The molecule has 0 aromatic carbocycles. The summed E-state index contributed by atoms with van der Waals surface area (Å²) < 4.78 is 0. The number of hydroxylamine groups is 3. The van der Waals surface area contributed by atoms with E-state index in [0.717, 1.165) is 25.2 Å². The van der Waals surface area contributed by atoms with Gasteiger partial charge >= 0.3 is 0 Å². The first-order valence-corrected chi connectivity index (χ1v) is 4.16. The van der Waals surface area contributed by atoms with E-state index in [1.165, 1.54) is 0 Å². The average molecular weight is 157 g/mol. The minimum Gasteiger partial charge on any atom is -0.760 e. The maximum Gasteiger partial charge on any atom is 0.0512 e. The van der Waals surface area contributed by atoms with Gasteiger partial charge in [0.2, 0.25) is 0 Å².